The highest BCUT2D eigenvalue weighted by Gasteiger charge is 2.26. The van der Waals surface area contributed by atoms with Crippen LogP contribution < -0.4 is 5.56 Å². The van der Waals surface area contributed by atoms with Gasteiger partial charge in [-0.2, -0.15) is 0 Å². The summed E-state index contributed by atoms with van der Waals surface area (Å²) >= 11 is 5.84. The molecule has 13 heavy (non-hydrogen) atoms. The Labute approximate surface area is 81.2 Å². The van der Waals surface area contributed by atoms with Crippen LogP contribution in [-0.4, -0.2) is 9.97 Å². The number of nitrogens with zero attached hydrogens (tertiary/aromatic N) is 1. The lowest BCUT2D eigenvalue weighted by Gasteiger charge is -2.03. The maximum Gasteiger partial charge on any atom is 0.251 e. The largest absolute Gasteiger partial charge is 0.309 e. The summed E-state index contributed by atoms with van der Waals surface area (Å²) in [5.41, 5.74) is 0.797. The average molecular weight is 199 g/mol. The zero-order chi connectivity index (χ0) is 9.42. The first kappa shape index (κ1) is 8.75. The van der Waals surface area contributed by atoms with E-state index in [0.717, 1.165) is 18.5 Å². The molecule has 1 saturated carbocycles. The monoisotopic (exact) mass is 198 g/mol. The zero-order valence-corrected chi connectivity index (χ0v) is 8.14. The fraction of sp³-hybridized carbons (Fsp3) is 0.556. The van der Waals surface area contributed by atoms with E-state index in [-0.39, 0.29) is 10.9 Å². The lowest BCUT2D eigenvalue weighted by atomic mass is 10.3. The first-order valence-electron chi connectivity index (χ1n) is 4.42. The van der Waals surface area contributed by atoms with Gasteiger partial charge < -0.3 is 4.98 Å². The van der Waals surface area contributed by atoms with Crippen LogP contribution in [0, 0.1) is 0 Å². The molecule has 1 aromatic heterocycles. The molecule has 1 atom stereocenters. The van der Waals surface area contributed by atoms with Crippen molar-refractivity contribution in [2.45, 2.75) is 31.1 Å². The molecule has 0 radical (unpaired) electrons. The Morgan fingerprint density at radius 2 is 2.38 bits per heavy atom. The number of hydrogen-bond donors (Lipinski definition) is 1. The molecule has 0 aromatic carbocycles. The Morgan fingerprint density at radius 1 is 1.69 bits per heavy atom. The van der Waals surface area contributed by atoms with Gasteiger partial charge in [-0.1, -0.05) is 0 Å². The second kappa shape index (κ2) is 3.14. The minimum Gasteiger partial charge on any atom is -0.309 e. The molecule has 1 fully saturated rings. The van der Waals surface area contributed by atoms with Gasteiger partial charge in [-0.25, -0.2) is 4.98 Å². The Bertz CT molecular complexity index is 345. The average Bonchev–Trinajstić information content (AvgIpc) is 2.85. The molecule has 0 aliphatic heterocycles. The standard InChI is InChI=1S/C9H11ClN2O/c1-5(10)9-11-7(6-2-3-6)4-8(13)12-9/h4-6H,2-3H2,1H3,(H,11,12,13). The van der Waals surface area contributed by atoms with Gasteiger partial charge in [0, 0.05) is 12.0 Å². The van der Waals surface area contributed by atoms with E-state index in [1.54, 1.807) is 13.0 Å². The number of halogens is 1. The van der Waals surface area contributed by atoms with Gasteiger partial charge in [-0.15, -0.1) is 11.6 Å². The smallest absolute Gasteiger partial charge is 0.251 e. The van der Waals surface area contributed by atoms with Gasteiger partial charge in [0.2, 0.25) is 0 Å². The SMILES string of the molecule is CC(Cl)c1nc(C2CC2)cc(=O)[nH]1. The van der Waals surface area contributed by atoms with Crippen LogP contribution in [0.2, 0.25) is 0 Å². The fourth-order valence-corrected chi connectivity index (χ4v) is 1.38. The van der Waals surface area contributed by atoms with E-state index >= 15 is 0 Å². The van der Waals surface area contributed by atoms with E-state index in [9.17, 15) is 4.79 Å². The predicted octanol–water partition coefficient (Wildman–Crippen LogP) is 1.95. The van der Waals surface area contributed by atoms with Crippen molar-refractivity contribution in [2.24, 2.45) is 0 Å². The maximum absolute atomic E-state index is 11.2. The molecule has 70 valence electrons. The molecule has 1 unspecified atom stereocenters. The van der Waals surface area contributed by atoms with E-state index in [4.69, 9.17) is 11.6 Å². The van der Waals surface area contributed by atoms with Crippen LogP contribution in [0.1, 0.15) is 42.6 Å². The molecule has 2 rings (SSSR count). The lowest BCUT2D eigenvalue weighted by molar-refractivity contribution is 0.848. The molecule has 1 aliphatic rings. The van der Waals surface area contributed by atoms with Gasteiger partial charge in [0.1, 0.15) is 5.82 Å². The second-order valence-corrected chi connectivity index (χ2v) is 4.10. The predicted molar refractivity (Wildman–Crippen MR) is 51.1 cm³/mol. The Kier molecular flexibility index (Phi) is 2.12. The van der Waals surface area contributed by atoms with Crippen LogP contribution in [0.25, 0.3) is 0 Å². The minimum atomic E-state index is -0.230. The highest BCUT2D eigenvalue weighted by molar-refractivity contribution is 6.20. The molecule has 1 aliphatic carbocycles. The number of hydrogen-bond acceptors (Lipinski definition) is 2. The molecule has 4 heteroatoms. The molecular formula is C9H11ClN2O. The molecule has 0 amide bonds. The summed E-state index contributed by atoms with van der Waals surface area (Å²) in [5, 5.41) is -0.230. The van der Waals surface area contributed by atoms with Crippen molar-refractivity contribution in [1.82, 2.24) is 9.97 Å². The fourth-order valence-electron chi connectivity index (χ4n) is 1.27. The third kappa shape index (κ3) is 1.91. The van der Waals surface area contributed by atoms with E-state index in [1.807, 2.05) is 0 Å². The third-order valence-corrected chi connectivity index (χ3v) is 2.36. The van der Waals surface area contributed by atoms with Gasteiger partial charge in [0.05, 0.1) is 11.1 Å². The van der Waals surface area contributed by atoms with Gasteiger partial charge in [-0.05, 0) is 19.8 Å². The summed E-state index contributed by atoms with van der Waals surface area (Å²) < 4.78 is 0. The quantitative estimate of drug-likeness (QED) is 0.739. The molecule has 3 nitrogen and oxygen atoms in total. The highest BCUT2D eigenvalue weighted by Crippen LogP contribution is 2.38. The van der Waals surface area contributed by atoms with Crippen molar-refractivity contribution < 1.29 is 0 Å². The van der Waals surface area contributed by atoms with Crippen LogP contribution in [-0.2, 0) is 0 Å². The highest BCUT2D eigenvalue weighted by atomic mass is 35.5. The van der Waals surface area contributed by atoms with E-state index in [2.05, 4.69) is 9.97 Å². The number of H-pyrrole nitrogens is 1. The first-order chi connectivity index (χ1) is 6.16. The van der Waals surface area contributed by atoms with Gasteiger partial charge >= 0.3 is 0 Å². The number of aromatic nitrogens is 2. The Hall–Kier alpha value is -0.830. The molecule has 0 spiro atoms. The van der Waals surface area contributed by atoms with Crippen molar-refractivity contribution in [2.75, 3.05) is 0 Å². The zero-order valence-electron chi connectivity index (χ0n) is 7.38. The molecule has 0 saturated heterocycles. The summed E-state index contributed by atoms with van der Waals surface area (Å²) in [6, 6.07) is 1.57. The second-order valence-electron chi connectivity index (χ2n) is 3.45. The summed E-state index contributed by atoms with van der Waals surface area (Å²) in [6.07, 6.45) is 2.29. The topological polar surface area (TPSA) is 45.8 Å². The summed E-state index contributed by atoms with van der Waals surface area (Å²) in [6.45, 7) is 1.80. The summed E-state index contributed by atoms with van der Waals surface area (Å²) in [5.74, 6) is 1.08. The lowest BCUT2D eigenvalue weighted by Crippen LogP contribution is -2.12. The number of nitrogens with one attached hydrogen (secondary N) is 1. The third-order valence-electron chi connectivity index (χ3n) is 2.15. The van der Waals surface area contributed by atoms with Crippen molar-refractivity contribution in [3.05, 3.63) is 27.9 Å². The minimum absolute atomic E-state index is 0.0978. The molecule has 1 aromatic rings. The first-order valence-corrected chi connectivity index (χ1v) is 4.85. The maximum atomic E-state index is 11.2. The number of rotatable bonds is 2. The van der Waals surface area contributed by atoms with Gasteiger partial charge in [0.15, 0.2) is 0 Å². The number of alkyl halides is 1. The number of aromatic amines is 1. The molecule has 0 bridgehead atoms. The normalized spacial score (nSPS) is 18.6. The van der Waals surface area contributed by atoms with E-state index in [1.165, 1.54) is 0 Å². The van der Waals surface area contributed by atoms with Crippen molar-refractivity contribution in [3.63, 3.8) is 0 Å². The van der Waals surface area contributed by atoms with Crippen LogP contribution in [0.3, 0.4) is 0 Å². The van der Waals surface area contributed by atoms with E-state index < -0.39 is 0 Å². The van der Waals surface area contributed by atoms with Crippen LogP contribution in [0.4, 0.5) is 0 Å². The molecular weight excluding hydrogens is 188 g/mol. The molecule has 1 N–H and O–H groups in total. The van der Waals surface area contributed by atoms with Crippen molar-refractivity contribution in [1.29, 1.82) is 0 Å². The van der Waals surface area contributed by atoms with Crippen LogP contribution in [0.15, 0.2) is 10.9 Å². The van der Waals surface area contributed by atoms with E-state index in [0.29, 0.717) is 11.7 Å². The van der Waals surface area contributed by atoms with Gasteiger partial charge in [-0.3, -0.25) is 4.79 Å². The van der Waals surface area contributed by atoms with Crippen LogP contribution >= 0.6 is 11.6 Å². The summed E-state index contributed by atoms with van der Waals surface area (Å²) in [4.78, 5) is 18.1. The van der Waals surface area contributed by atoms with Gasteiger partial charge in [0.25, 0.3) is 5.56 Å². The molecule has 1 heterocycles. The van der Waals surface area contributed by atoms with Crippen molar-refractivity contribution in [3.8, 4) is 0 Å². The van der Waals surface area contributed by atoms with Crippen molar-refractivity contribution >= 4 is 11.6 Å². The Balaban J connectivity index is 2.41. The summed E-state index contributed by atoms with van der Waals surface area (Å²) in [7, 11) is 0. The van der Waals surface area contributed by atoms with Crippen LogP contribution in [0.5, 0.6) is 0 Å². The Morgan fingerprint density at radius 3 is 2.92 bits per heavy atom.